The number of benzene rings is 2. The summed E-state index contributed by atoms with van der Waals surface area (Å²) >= 11 is 0. The lowest BCUT2D eigenvalue weighted by molar-refractivity contribution is -0.141. The minimum atomic E-state index is -0.768. The molecule has 2 aromatic carbocycles. The molecule has 1 amide bonds. The molecule has 9 heteroatoms. The molecule has 0 aliphatic carbocycles. The molecule has 0 saturated carbocycles. The molecule has 0 aliphatic heterocycles. The molecule has 0 spiro atoms. The first kappa shape index (κ1) is 24.5. The Hall–Kier alpha value is -4.14. The average Bonchev–Trinajstić information content (AvgIpc) is 3.14. The normalized spacial score (nSPS) is 10.5. The van der Waals surface area contributed by atoms with Gasteiger partial charge in [0.15, 0.2) is 6.61 Å². The Morgan fingerprint density at radius 3 is 2.26 bits per heavy atom. The van der Waals surface area contributed by atoms with Crippen molar-refractivity contribution in [2.45, 2.75) is 13.8 Å². The van der Waals surface area contributed by atoms with Crippen molar-refractivity contribution < 1.29 is 33.0 Å². The van der Waals surface area contributed by atoms with Crippen molar-refractivity contribution in [3.05, 3.63) is 76.9 Å². The molecule has 3 rings (SSSR count). The van der Waals surface area contributed by atoms with E-state index < -0.39 is 30.8 Å². The zero-order chi connectivity index (χ0) is 24.8. The number of nitrogens with zero attached hydrogens (tertiary/aromatic N) is 1. The standard InChI is InChI=1S/C25H25FN2O6/c1-15-8-22(16(2)28(15)19-7-5-6-18(26)11-19)23(29)14-34-24(30)13-27-25(31)17-9-20(32-3)12-21(10-17)33-4/h5-12H,13-14H2,1-4H3,(H,27,31). The topological polar surface area (TPSA) is 95.9 Å². The van der Waals surface area contributed by atoms with Gasteiger partial charge in [-0.1, -0.05) is 6.07 Å². The van der Waals surface area contributed by atoms with Gasteiger partial charge in [-0.05, 0) is 50.2 Å². The molecule has 0 unspecified atom stereocenters. The van der Waals surface area contributed by atoms with Gasteiger partial charge >= 0.3 is 5.97 Å². The van der Waals surface area contributed by atoms with Crippen LogP contribution in [0.3, 0.4) is 0 Å². The largest absolute Gasteiger partial charge is 0.497 e. The van der Waals surface area contributed by atoms with Crippen LogP contribution >= 0.6 is 0 Å². The van der Waals surface area contributed by atoms with Crippen LogP contribution in [0.2, 0.25) is 0 Å². The van der Waals surface area contributed by atoms with E-state index in [1.807, 2.05) is 0 Å². The highest BCUT2D eigenvalue weighted by Gasteiger charge is 2.19. The van der Waals surface area contributed by atoms with Gasteiger partial charge in [-0.3, -0.25) is 14.4 Å². The highest BCUT2D eigenvalue weighted by Crippen LogP contribution is 2.23. The number of aromatic nitrogens is 1. The lowest BCUT2D eigenvalue weighted by Gasteiger charge is -2.10. The quantitative estimate of drug-likeness (QED) is 0.382. The number of amides is 1. The number of carbonyl (C=O) groups is 3. The third kappa shape index (κ3) is 5.61. The van der Waals surface area contributed by atoms with Crippen LogP contribution in [0.15, 0.2) is 48.5 Å². The van der Waals surface area contributed by atoms with Gasteiger partial charge in [0.25, 0.3) is 5.91 Å². The third-order valence-corrected chi connectivity index (χ3v) is 5.17. The summed E-state index contributed by atoms with van der Waals surface area (Å²) in [6.07, 6.45) is 0. The van der Waals surface area contributed by atoms with Crippen LogP contribution in [0.25, 0.3) is 5.69 Å². The molecule has 0 saturated heterocycles. The summed E-state index contributed by atoms with van der Waals surface area (Å²) in [5.74, 6) is -1.24. The lowest BCUT2D eigenvalue weighted by atomic mass is 10.1. The van der Waals surface area contributed by atoms with Crippen molar-refractivity contribution in [3.8, 4) is 17.2 Å². The number of methoxy groups -OCH3 is 2. The minimum absolute atomic E-state index is 0.241. The van der Waals surface area contributed by atoms with Crippen LogP contribution in [0.1, 0.15) is 32.1 Å². The summed E-state index contributed by atoms with van der Waals surface area (Å²) in [7, 11) is 2.92. The van der Waals surface area contributed by atoms with E-state index in [1.165, 1.54) is 38.5 Å². The van der Waals surface area contributed by atoms with Gasteiger partial charge in [-0.2, -0.15) is 0 Å². The van der Waals surface area contributed by atoms with Gasteiger partial charge in [-0.15, -0.1) is 0 Å². The molecular weight excluding hydrogens is 443 g/mol. The van der Waals surface area contributed by atoms with Gasteiger partial charge in [-0.25, -0.2) is 4.39 Å². The predicted octanol–water partition coefficient (Wildman–Crippen LogP) is 3.41. The predicted molar refractivity (Wildman–Crippen MR) is 122 cm³/mol. The Kier molecular flexibility index (Phi) is 7.68. The van der Waals surface area contributed by atoms with Gasteiger partial charge in [0, 0.05) is 34.3 Å². The number of hydrogen-bond acceptors (Lipinski definition) is 6. The molecule has 34 heavy (non-hydrogen) atoms. The van der Waals surface area contributed by atoms with E-state index in [0.717, 1.165) is 5.69 Å². The van der Waals surface area contributed by atoms with Crippen LogP contribution in [0.5, 0.6) is 11.5 Å². The van der Waals surface area contributed by atoms with Crippen molar-refractivity contribution in [1.82, 2.24) is 9.88 Å². The summed E-state index contributed by atoms with van der Waals surface area (Å²) in [5.41, 5.74) is 2.53. The van der Waals surface area contributed by atoms with Crippen LogP contribution < -0.4 is 14.8 Å². The Morgan fingerprint density at radius 2 is 1.65 bits per heavy atom. The van der Waals surface area contributed by atoms with Crippen LogP contribution in [-0.2, 0) is 9.53 Å². The third-order valence-electron chi connectivity index (χ3n) is 5.17. The zero-order valence-electron chi connectivity index (χ0n) is 19.3. The summed E-state index contributed by atoms with van der Waals surface area (Å²) in [6.45, 7) is 2.61. The first-order valence-corrected chi connectivity index (χ1v) is 10.4. The Labute approximate surface area is 196 Å². The molecule has 0 radical (unpaired) electrons. The summed E-state index contributed by atoms with van der Waals surface area (Å²) in [6, 6.07) is 12.3. The second-order valence-electron chi connectivity index (χ2n) is 7.47. The number of ether oxygens (including phenoxy) is 3. The maximum Gasteiger partial charge on any atom is 0.325 e. The fourth-order valence-electron chi connectivity index (χ4n) is 3.53. The maximum absolute atomic E-state index is 13.6. The molecule has 3 aromatic rings. The number of ketones is 1. The second kappa shape index (κ2) is 10.7. The van der Waals surface area contributed by atoms with E-state index in [-0.39, 0.29) is 11.4 Å². The number of aryl methyl sites for hydroxylation is 1. The summed E-state index contributed by atoms with van der Waals surface area (Å²) in [4.78, 5) is 37.1. The Morgan fingerprint density at radius 1 is 0.971 bits per heavy atom. The van der Waals surface area contributed by atoms with Crippen LogP contribution in [-0.4, -0.2) is 49.6 Å². The molecule has 1 aromatic heterocycles. The molecule has 8 nitrogen and oxygen atoms in total. The van der Waals surface area contributed by atoms with Gasteiger partial charge in [0.1, 0.15) is 23.9 Å². The molecule has 0 bridgehead atoms. The maximum atomic E-state index is 13.6. The average molecular weight is 468 g/mol. The van der Waals surface area contributed by atoms with Gasteiger partial charge in [0.2, 0.25) is 5.78 Å². The van der Waals surface area contributed by atoms with Crippen molar-refractivity contribution in [3.63, 3.8) is 0 Å². The SMILES string of the molecule is COc1cc(OC)cc(C(=O)NCC(=O)OCC(=O)c2cc(C)n(-c3cccc(F)c3)c2C)c1. The monoisotopic (exact) mass is 468 g/mol. The molecule has 0 aliphatic rings. The molecule has 1 heterocycles. The van der Waals surface area contributed by atoms with E-state index in [4.69, 9.17) is 14.2 Å². The fraction of sp³-hybridized carbons (Fsp3) is 0.240. The van der Waals surface area contributed by atoms with E-state index in [1.54, 1.807) is 42.7 Å². The number of rotatable bonds is 9. The Balaban J connectivity index is 1.59. The number of esters is 1. The molecule has 178 valence electrons. The molecule has 0 atom stereocenters. The number of Topliss-reactive ketones (excluding diaryl/α,β-unsaturated/α-hetero) is 1. The van der Waals surface area contributed by atoms with E-state index >= 15 is 0 Å². The van der Waals surface area contributed by atoms with E-state index in [0.29, 0.717) is 28.4 Å². The van der Waals surface area contributed by atoms with Crippen LogP contribution in [0, 0.1) is 19.7 Å². The highest BCUT2D eigenvalue weighted by atomic mass is 19.1. The van der Waals surface area contributed by atoms with Crippen molar-refractivity contribution >= 4 is 17.7 Å². The summed E-state index contributed by atoms with van der Waals surface area (Å²) in [5, 5.41) is 2.44. The first-order valence-electron chi connectivity index (χ1n) is 10.4. The molecule has 1 N–H and O–H groups in total. The van der Waals surface area contributed by atoms with E-state index in [2.05, 4.69) is 5.32 Å². The Bertz CT molecular complexity index is 1210. The number of nitrogens with one attached hydrogen (secondary N) is 1. The second-order valence-corrected chi connectivity index (χ2v) is 7.47. The molecule has 0 fully saturated rings. The number of carbonyl (C=O) groups excluding carboxylic acids is 3. The van der Waals surface area contributed by atoms with Crippen molar-refractivity contribution in [1.29, 1.82) is 0 Å². The van der Waals surface area contributed by atoms with Crippen LogP contribution in [0.4, 0.5) is 4.39 Å². The summed E-state index contributed by atoms with van der Waals surface area (Å²) < 4.78 is 30.7. The van der Waals surface area contributed by atoms with E-state index in [9.17, 15) is 18.8 Å². The zero-order valence-corrected chi connectivity index (χ0v) is 19.3. The van der Waals surface area contributed by atoms with Crippen molar-refractivity contribution in [2.75, 3.05) is 27.4 Å². The van der Waals surface area contributed by atoms with Gasteiger partial charge < -0.3 is 24.1 Å². The lowest BCUT2D eigenvalue weighted by Crippen LogP contribution is -2.31. The molecular formula is C25H25FN2O6. The number of halogens is 1. The van der Waals surface area contributed by atoms with Crippen molar-refractivity contribution in [2.24, 2.45) is 0 Å². The highest BCUT2D eigenvalue weighted by molar-refractivity contribution is 6.00. The van der Waals surface area contributed by atoms with Gasteiger partial charge in [0.05, 0.1) is 14.2 Å². The minimum Gasteiger partial charge on any atom is -0.497 e. The smallest absolute Gasteiger partial charge is 0.325 e. The fourth-order valence-corrected chi connectivity index (χ4v) is 3.53. The number of hydrogen-bond donors (Lipinski definition) is 1. The first-order chi connectivity index (χ1) is 16.2.